The highest BCUT2D eigenvalue weighted by Gasteiger charge is 2.35. The van der Waals surface area contributed by atoms with E-state index in [1.54, 1.807) is 20.3 Å². The third-order valence-electron chi connectivity index (χ3n) is 6.63. The Morgan fingerprint density at radius 2 is 1.76 bits per heavy atom. The molecule has 0 spiro atoms. The summed E-state index contributed by atoms with van der Waals surface area (Å²) in [5, 5.41) is 0.711. The van der Waals surface area contributed by atoms with Crippen LogP contribution >= 0.6 is 0 Å². The Morgan fingerprint density at radius 3 is 2.47 bits per heavy atom. The maximum absolute atomic E-state index is 13.5. The summed E-state index contributed by atoms with van der Waals surface area (Å²) in [5.41, 5.74) is 2.05. The Kier molecular flexibility index (Phi) is 7.10. The molecule has 0 fully saturated rings. The number of rotatable bonds is 8. The maximum atomic E-state index is 13.5. The lowest BCUT2D eigenvalue weighted by Crippen LogP contribution is -2.45. The van der Waals surface area contributed by atoms with Gasteiger partial charge in [0.05, 0.1) is 31.7 Å². The van der Waals surface area contributed by atoms with Crippen LogP contribution in [0.2, 0.25) is 0 Å². The number of hydrogen-bond donors (Lipinski definition) is 0. The van der Waals surface area contributed by atoms with Crippen molar-refractivity contribution in [3.63, 3.8) is 0 Å². The fourth-order valence-electron chi connectivity index (χ4n) is 4.71. The third-order valence-corrected chi connectivity index (χ3v) is 6.63. The summed E-state index contributed by atoms with van der Waals surface area (Å²) < 4.78 is 22.6. The molecular weight excluding hydrogens is 434 g/mol. The molecule has 34 heavy (non-hydrogen) atoms. The van der Waals surface area contributed by atoms with Crippen molar-refractivity contribution in [2.45, 2.75) is 39.2 Å². The molecule has 0 saturated carbocycles. The summed E-state index contributed by atoms with van der Waals surface area (Å²) in [4.78, 5) is 27.5. The molecule has 1 aromatic heterocycles. The van der Waals surface area contributed by atoms with Crippen LogP contribution in [0.4, 0.5) is 0 Å². The molecule has 4 rings (SSSR count). The fraction of sp³-hybridized carbons (Fsp3) is 0.407. The first-order chi connectivity index (χ1) is 16.5. The van der Waals surface area contributed by atoms with Crippen molar-refractivity contribution >= 4 is 16.9 Å². The number of carbonyl (C=O) groups is 1. The van der Waals surface area contributed by atoms with Gasteiger partial charge in [-0.25, -0.2) is 4.79 Å². The van der Waals surface area contributed by atoms with E-state index in [9.17, 15) is 9.59 Å². The predicted molar refractivity (Wildman–Crippen MR) is 130 cm³/mol. The zero-order valence-corrected chi connectivity index (χ0v) is 20.1. The van der Waals surface area contributed by atoms with Gasteiger partial charge in [0.25, 0.3) is 0 Å². The van der Waals surface area contributed by atoms with E-state index in [2.05, 4.69) is 0 Å². The monoisotopic (exact) mass is 465 g/mol. The molecule has 0 bridgehead atoms. The summed E-state index contributed by atoms with van der Waals surface area (Å²) in [7, 11) is 3.21. The molecule has 0 N–H and O–H groups in total. The van der Waals surface area contributed by atoms with E-state index < -0.39 is 5.63 Å². The van der Waals surface area contributed by atoms with Gasteiger partial charge in [-0.1, -0.05) is 26.0 Å². The van der Waals surface area contributed by atoms with Gasteiger partial charge in [0.15, 0.2) is 11.5 Å². The average molecular weight is 466 g/mol. The van der Waals surface area contributed by atoms with Crippen molar-refractivity contribution in [3.8, 4) is 17.2 Å². The summed E-state index contributed by atoms with van der Waals surface area (Å²) in [6.07, 6.45) is 2.28. The van der Waals surface area contributed by atoms with E-state index in [0.29, 0.717) is 34.8 Å². The Labute approximate surface area is 199 Å². The lowest BCUT2D eigenvalue weighted by atomic mass is 9.90. The van der Waals surface area contributed by atoms with Crippen LogP contribution in [0.1, 0.15) is 43.9 Å². The number of amides is 1. The zero-order chi connectivity index (χ0) is 24.2. The summed E-state index contributed by atoms with van der Waals surface area (Å²) in [6, 6.07) is 12.2. The largest absolute Gasteiger partial charge is 0.493 e. The van der Waals surface area contributed by atoms with E-state index in [-0.39, 0.29) is 24.5 Å². The Hall–Kier alpha value is -3.48. The van der Waals surface area contributed by atoms with Gasteiger partial charge in [0.1, 0.15) is 17.9 Å². The molecule has 1 atom stereocenters. The normalized spacial score (nSPS) is 15.3. The standard InChI is InChI=1S/C27H31NO6/c1-5-17(6-2)27(30)28-12-11-18-13-24(31-3)25(32-4)14-20(18)21(28)16-33-23-15-26(29)34-22-10-8-7-9-19(22)23/h7-10,13-15,17,21H,5-6,11-12,16H2,1-4H3. The van der Waals surface area contributed by atoms with Gasteiger partial charge in [0, 0.05) is 12.5 Å². The topological polar surface area (TPSA) is 78.2 Å². The highest BCUT2D eigenvalue weighted by atomic mass is 16.5. The molecule has 0 aliphatic carbocycles. The SMILES string of the molecule is CCC(CC)C(=O)N1CCc2cc(OC)c(OC)cc2C1COc1cc(=O)oc2ccccc12. The Morgan fingerprint density at radius 1 is 1.06 bits per heavy atom. The summed E-state index contributed by atoms with van der Waals surface area (Å²) >= 11 is 0. The molecule has 1 amide bonds. The molecule has 7 nitrogen and oxygen atoms in total. The smallest absolute Gasteiger partial charge is 0.339 e. The number of para-hydroxylation sites is 1. The molecule has 0 radical (unpaired) electrons. The second kappa shape index (κ2) is 10.2. The van der Waals surface area contributed by atoms with Crippen molar-refractivity contribution in [2.24, 2.45) is 5.92 Å². The number of ether oxygens (including phenoxy) is 3. The van der Waals surface area contributed by atoms with Gasteiger partial charge in [-0.15, -0.1) is 0 Å². The fourth-order valence-corrected chi connectivity index (χ4v) is 4.71. The molecule has 2 aromatic carbocycles. The van der Waals surface area contributed by atoms with Gasteiger partial charge in [0.2, 0.25) is 5.91 Å². The van der Waals surface area contributed by atoms with E-state index in [0.717, 1.165) is 30.4 Å². The summed E-state index contributed by atoms with van der Waals surface area (Å²) in [6.45, 7) is 4.86. The minimum absolute atomic E-state index is 0.0474. The lowest BCUT2D eigenvalue weighted by molar-refractivity contribution is -0.139. The van der Waals surface area contributed by atoms with Gasteiger partial charge >= 0.3 is 5.63 Å². The second-order valence-corrected chi connectivity index (χ2v) is 8.45. The average Bonchev–Trinajstić information content (AvgIpc) is 2.86. The van der Waals surface area contributed by atoms with Crippen molar-refractivity contribution in [1.82, 2.24) is 4.90 Å². The molecule has 180 valence electrons. The molecule has 1 aliphatic heterocycles. The third kappa shape index (κ3) is 4.47. The number of methoxy groups -OCH3 is 2. The molecule has 7 heteroatoms. The molecule has 2 heterocycles. The van der Waals surface area contributed by atoms with Crippen LogP contribution < -0.4 is 19.8 Å². The number of carbonyl (C=O) groups excluding carboxylic acids is 1. The Balaban J connectivity index is 1.74. The molecule has 1 unspecified atom stereocenters. The minimum atomic E-state index is -0.478. The van der Waals surface area contributed by atoms with Gasteiger partial charge in [-0.2, -0.15) is 0 Å². The number of benzene rings is 2. The van der Waals surface area contributed by atoms with E-state index in [1.165, 1.54) is 6.07 Å². The zero-order valence-electron chi connectivity index (χ0n) is 20.1. The number of fused-ring (bicyclic) bond motifs is 2. The van der Waals surface area contributed by atoms with Crippen molar-refractivity contribution in [3.05, 3.63) is 64.0 Å². The predicted octanol–water partition coefficient (Wildman–Crippen LogP) is 4.75. The quantitative estimate of drug-likeness (QED) is 0.447. The first-order valence-electron chi connectivity index (χ1n) is 11.7. The number of nitrogens with zero attached hydrogens (tertiary/aromatic N) is 1. The van der Waals surface area contributed by atoms with Crippen LogP contribution in [-0.2, 0) is 11.2 Å². The van der Waals surface area contributed by atoms with Crippen LogP contribution in [0, 0.1) is 5.92 Å². The molecule has 0 saturated heterocycles. The van der Waals surface area contributed by atoms with Crippen LogP contribution in [0.3, 0.4) is 0 Å². The van der Waals surface area contributed by atoms with Crippen LogP contribution in [-0.4, -0.2) is 38.2 Å². The molecule has 3 aromatic rings. The highest BCUT2D eigenvalue weighted by molar-refractivity contribution is 5.83. The molecule has 1 aliphatic rings. The van der Waals surface area contributed by atoms with Crippen LogP contribution in [0.15, 0.2) is 51.7 Å². The number of hydrogen-bond acceptors (Lipinski definition) is 6. The van der Waals surface area contributed by atoms with Crippen molar-refractivity contribution < 1.29 is 23.4 Å². The van der Waals surface area contributed by atoms with E-state index >= 15 is 0 Å². The summed E-state index contributed by atoms with van der Waals surface area (Å²) in [5.74, 6) is 1.78. The van der Waals surface area contributed by atoms with Crippen LogP contribution in [0.5, 0.6) is 17.2 Å². The molecular formula is C27H31NO6. The highest BCUT2D eigenvalue weighted by Crippen LogP contribution is 2.39. The van der Waals surface area contributed by atoms with Gasteiger partial charge in [-0.05, 0) is 54.7 Å². The second-order valence-electron chi connectivity index (χ2n) is 8.45. The van der Waals surface area contributed by atoms with E-state index in [4.69, 9.17) is 18.6 Å². The van der Waals surface area contributed by atoms with Crippen molar-refractivity contribution in [1.29, 1.82) is 0 Å². The Bertz CT molecular complexity index is 1230. The minimum Gasteiger partial charge on any atom is -0.493 e. The van der Waals surface area contributed by atoms with Gasteiger partial charge < -0.3 is 23.5 Å². The maximum Gasteiger partial charge on any atom is 0.339 e. The first-order valence-corrected chi connectivity index (χ1v) is 11.7. The lowest BCUT2D eigenvalue weighted by Gasteiger charge is -2.39. The van der Waals surface area contributed by atoms with Crippen molar-refractivity contribution in [2.75, 3.05) is 27.4 Å². The first kappa shape index (κ1) is 23.7. The van der Waals surface area contributed by atoms with Crippen LogP contribution in [0.25, 0.3) is 11.0 Å². The van der Waals surface area contributed by atoms with Gasteiger partial charge in [-0.3, -0.25) is 4.79 Å². The van der Waals surface area contributed by atoms with E-state index in [1.807, 2.05) is 49.1 Å².